The smallest absolute Gasteiger partial charge is 0.329 e. The Hall–Kier alpha value is -2.24. The summed E-state index contributed by atoms with van der Waals surface area (Å²) in [6, 6.07) is 12.6. The van der Waals surface area contributed by atoms with Gasteiger partial charge in [0.1, 0.15) is 6.54 Å². The summed E-state index contributed by atoms with van der Waals surface area (Å²) in [6.07, 6.45) is 0. The van der Waals surface area contributed by atoms with E-state index in [1.807, 2.05) is 24.3 Å². The highest BCUT2D eigenvalue weighted by molar-refractivity contribution is 6.42. The van der Waals surface area contributed by atoms with Crippen LogP contribution in [0.2, 0.25) is 10.0 Å². The Bertz CT molecular complexity index is 992. The summed E-state index contributed by atoms with van der Waals surface area (Å²) in [6.45, 7) is 2.21. The molecule has 0 aliphatic rings. The van der Waals surface area contributed by atoms with Crippen LogP contribution in [0.3, 0.4) is 0 Å². The maximum atomic E-state index is 12.8. The van der Waals surface area contributed by atoms with Crippen LogP contribution in [0.5, 0.6) is 0 Å². The number of para-hydroxylation sites is 2. The number of ether oxygens (including phenoxy) is 1. The van der Waals surface area contributed by atoms with Crippen LogP contribution in [0.4, 0.5) is 0 Å². The van der Waals surface area contributed by atoms with Crippen LogP contribution in [0.15, 0.2) is 47.3 Å². The van der Waals surface area contributed by atoms with Crippen molar-refractivity contribution < 1.29 is 9.53 Å². The van der Waals surface area contributed by atoms with Gasteiger partial charge in [0.15, 0.2) is 0 Å². The van der Waals surface area contributed by atoms with E-state index in [1.54, 1.807) is 29.7 Å². The van der Waals surface area contributed by atoms with E-state index in [0.29, 0.717) is 22.1 Å². The van der Waals surface area contributed by atoms with Crippen LogP contribution in [0, 0.1) is 0 Å². The molecule has 0 aliphatic carbocycles. The predicted octanol–water partition coefficient (Wildman–Crippen LogP) is 3.72. The molecule has 1 heterocycles. The zero-order chi connectivity index (χ0) is 18.0. The number of hydrogen-bond acceptors (Lipinski definition) is 3. The van der Waals surface area contributed by atoms with Crippen molar-refractivity contribution in [1.29, 1.82) is 0 Å². The molecular weight excluding hydrogens is 363 g/mol. The molecule has 0 amide bonds. The van der Waals surface area contributed by atoms with Gasteiger partial charge in [0.25, 0.3) is 0 Å². The number of aromatic nitrogens is 2. The molecule has 0 saturated carbocycles. The largest absolute Gasteiger partial charge is 0.465 e. The molecule has 0 unspecified atom stereocenters. The molecule has 3 aromatic rings. The van der Waals surface area contributed by atoms with E-state index in [4.69, 9.17) is 27.9 Å². The van der Waals surface area contributed by atoms with E-state index in [1.165, 1.54) is 4.57 Å². The number of halogens is 2. The van der Waals surface area contributed by atoms with Gasteiger partial charge >= 0.3 is 11.7 Å². The molecule has 25 heavy (non-hydrogen) atoms. The molecule has 7 heteroatoms. The maximum Gasteiger partial charge on any atom is 0.329 e. The molecule has 0 atom stereocenters. The van der Waals surface area contributed by atoms with Crippen molar-refractivity contribution in [3.05, 3.63) is 68.6 Å². The lowest BCUT2D eigenvalue weighted by Gasteiger charge is -2.05. The van der Waals surface area contributed by atoms with Crippen molar-refractivity contribution in [2.24, 2.45) is 0 Å². The summed E-state index contributed by atoms with van der Waals surface area (Å²) < 4.78 is 7.99. The second-order valence-corrected chi connectivity index (χ2v) is 6.31. The number of nitrogens with zero attached hydrogens (tertiary/aromatic N) is 2. The highest BCUT2D eigenvalue weighted by Crippen LogP contribution is 2.23. The Morgan fingerprint density at radius 2 is 1.72 bits per heavy atom. The topological polar surface area (TPSA) is 53.2 Å². The average molecular weight is 379 g/mol. The summed E-state index contributed by atoms with van der Waals surface area (Å²) >= 11 is 12.0. The Balaban J connectivity index is 2.06. The lowest BCUT2D eigenvalue weighted by atomic mass is 10.2. The molecule has 0 aliphatic heterocycles. The molecule has 5 nitrogen and oxygen atoms in total. The van der Waals surface area contributed by atoms with Crippen LogP contribution >= 0.6 is 23.2 Å². The van der Waals surface area contributed by atoms with Crippen LogP contribution in [-0.2, 0) is 22.6 Å². The zero-order valence-corrected chi connectivity index (χ0v) is 15.0. The summed E-state index contributed by atoms with van der Waals surface area (Å²) in [5, 5.41) is 0.894. The highest BCUT2D eigenvalue weighted by atomic mass is 35.5. The molecule has 0 radical (unpaired) electrons. The van der Waals surface area contributed by atoms with E-state index < -0.39 is 5.97 Å². The normalized spacial score (nSPS) is 11.0. The summed E-state index contributed by atoms with van der Waals surface area (Å²) in [4.78, 5) is 24.7. The van der Waals surface area contributed by atoms with E-state index in [9.17, 15) is 9.59 Å². The van der Waals surface area contributed by atoms with Crippen molar-refractivity contribution >= 4 is 40.2 Å². The average Bonchev–Trinajstić information content (AvgIpc) is 2.84. The van der Waals surface area contributed by atoms with Gasteiger partial charge < -0.3 is 4.74 Å². The zero-order valence-electron chi connectivity index (χ0n) is 13.5. The van der Waals surface area contributed by atoms with Gasteiger partial charge in [-0.05, 0) is 36.8 Å². The van der Waals surface area contributed by atoms with E-state index >= 15 is 0 Å². The molecule has 130 valence electrons. The Morgan fingerprint density at radius 3 is 2.36 bits per heavy atom. The first-order valence-corrected chi connectivity index (χ1v) is 8.54. The second kappa shape index (κ2) is 7.33. The number of rotatable bonds is 5. The van der Waals surface area contributed by atoms with Crippen molar-refractivity contribution in [1.82, 2.24) is 9.13 Å². The first-order chi connectivity index (χ1) is 12.0. The summed E-state index contributed by atoms with van der Waals surface area (Å²) in [5.41, 5.74) is 1.99. The van der Waals surface area contributed by atoms with E-state index in [0.717, 1.165) is 11.1 Å². The van der Waals surface area contributed by atoms with Gasteiger partial charge in [0, 0.05) is 0 Å². The molecule has 2 aromatic carbocycles. The van der Waals surface area contributed by atoms with Crippen molar-refractivity contribution in [3.63, 3.8) is 0 Å². The van der Waals surface area contributed by atoms with Crippen molar-refractivity contribution in [2.75, 3.05) is 6.61 Å². The second-order valence-electron chi connectivity index (χ2n) is 5.50. The number of hydrogen-bond donors (Lipinski definition) is 0. The minimum absolute atomic E-state index is 0.123. The first-order valence-electron chi connectivity index (χ1n) is 7.79. The van der Waals surface area contributed by atoms with Crippen molar-refractivity contribution in [2.45, 2.75) is 20.0 Å². The van der Waals surface area contributed by atoms with Crippen LogP contribution < -0.4 is 5.69 Å². The number of imidazole rings is 1. The Kier molecular flexibility index (Phi) is 5.16. The van der Waals surface area contributed by atoms with Gasteiger partial charge in [-0.3, -0.25) is 13.9 Å². The lowest BCUT2D eigenvalue weighted by molar-refractivity contribution is -0.143. The first kappa shape index (κ1) is 17.6. The SMILES string of the molecule is CCOC(=O)Cn1c(=O)n(Cc2ccc(Cl)c(Cl)c2)c2ccccc21. The molecule has 0 saturated heterocycles. The molecule has 0 bridgehead atoms. The quantitative estimate of drug-likeness (QED) is 0.635. The lowest BCUT2D eigenvalue weighted by Crippen LogP contribution is -2.28. The van der Waals surface area contributed by atoms with Gasteiger partial charge in [-0.1, -0.05) is 41.4 Å². The minimum Gasteiger partial charge on any atom is -0.465 e. The molecule has 0 fully saturated rings. The van der Waals surface area contributed by atoms with E-state index in [-0.39, 0.29) is 18.8 Å². The fourth-order valence-electron chi connectivity index (χ4n) is 2.73. The van der Waals surface area contributed by atoms with E-state index in [2.05, 4.69) is 0 Å². The monoisotopic (exact) mass is 378 g/mol. The van der Waals surface area contributed by atoms with Crippen LogP contribution in [-0.4, -0.2) is 21.7 Å². The number of esters is 1. The number of fused-ring (bicyclic) bond motifs is 1. The molecular formula is C18H16Cl2N2O3. The Morgan fingerprint density at radius 1 is 1.04 bits per heavy atom. The summed E-state index contributed by atoms with van der Waals surface area (Å²) in [5.74, 6) is -0.443. The number of carbonyl (C=O) groups excluding carboxylic acids is 1. The van der Waals surface area contributed by atoms with Gasteiger partial charge in [-0.2, -0.15) is 0 Å². The predicted molar refractivity (Wildman–Crippen MR) is 98.4 cm³/mol. The summed E-state index contributed by atoms with van der Waals surface area (Å²) in [7, 11) is 0. The van der Waals surface area contributed by atoms with Gasteiger partial charge in [0.05, 0.1) is 34.2 Å². The number of benzene rings is 2. The third kappa shape index (κ3) is 3.57. The van der Waals surface area contributed by atoms with Crippen LogP contribution in [0.25, 0.3) is 11.0 Å². The maximum absolute atomic E-state index is 12.8. The molecule has 0 N–H and O–H groups in total. The standard InChI is InChI=1S/C18H16Cl2N2O3/c1-2-25-17(23)11-22-16-6-4-3-5-15(16)21(18(22)24)10-12-7-8-13(19)14(20)9-12/h3-9H,2,10-11H2,1H3. The molecule has 0 spiro atoms. The molecule has 1 aromatic heterocycles. The number of carbonyl (C=O) groups is 1. The highest BCUT2D eigenvalue weighted by Gasteiger charge is 2.16. The van der Waals surface area contributed by atoms with Crippen molar-refractivity contribution in [3.8, 4) is 0 Å². The fourth-order valence-corrected chi connectivity index (χ4v) is 3.06. The fraction of sp³-hybridized carbons (Fsp3) is 0.222. The van der Waals surface area contributed by atoms with Gasteiger partial charge in [-0.25, -0.2) is 4.79 Å². The Labute approximate surface area is 154 Å². The van der Waals surface area contributed by atoms with Crippen LogP contribution in [0.1, 0.15) is 12.5 Å². The minimum atomic E-state index is -0.443. The van der Waals surface area contributed by atoms with Gasteiger partial charge in [-0.15, -0.1) is 0 Å². The third-order valence-corrected chi connectivity index (χ3v) is 4.58. The molecule has 3 rings (SSSR count). The van der Waals surface area contributed by atoms with Gasteiger partial charge in [0.2, 0.25) is 0 Å². The third-order valence-electron chi connectivity index (χ3n) is 3.84.